The molecule has 144 valence electrons. The number of rotatable bonds is 3. The first-order valence-electron chi connectivity index (χ1n) is 8.15. The van der Waals surface area contributed by atoms with E-state index in [4.69, 9.17) is 27.6 Å². The lowest BCUT2D eigenvalue weighted by molar-refractivity contribution is -0.739. The summed E-state index contributed by atoms with van der Waals surface area (Å²) in [4.78, 5) is 8.73. The Balaban J connectivity index is 1.99. The normalized spacial score (nSPS) is 11.7. The third kappa shape index (κ3) is 3.22. The maximum Gasteiger partial charge on any atom is 0.320 e. The summed E-state index contributed by atoms with van der Waals surface area (Å²) in [5, 5.41) is 26.9. The predicted molar refractivity (Wildman–Crippen MR) is 107 cm³/mol. The number of benzene rings is 1. The first-order chi connectivity index (χ1) is 13.9. The molecular weight excluding hydrogens is 414 g/mol. The minimum atomic E-state index is -0.610. The molecule has 4 rings (SSSR count). The van der Waals surface area contributed by atoms with Crippen molar-refractivity contribution in [1.82, 2.24) is 10.3 Å². The molecule has 4 aromatic rings. The Morgan fingerprint density at radius 3 is 2.69 bits per heavy atom. The first-order valence-corrected chi connectivity index (χ1v) is 9.34. The van der Waals surface area contributed by atoms with E-state index >= 15 is 0 Å². The van der Waals surface area contributed by atoms with E-state index in [1.165, 1.54) is 10.9 Å². The quantitative estimate of drug-likeness (QED) is 0.288. The molecule has 11 heteroatoms. The molecule has 0 fully saturated rings. The van der Waals surface area contributed by atoms with Gasteiger partial charge in [-0.1, -0.05) is 28.4 Å². The summed E-state index contributed by atoms with van der Waals surface area (Å²) in [5.41, 5.74) is 13.8. The number of fused-ring (bicyclic) bond motifs is 1. The van der Waals surface area contributed by atoms with Crippen LogP contribution in [0.4, 0.5) is 17.4 Å². The molecule has 0 amide bonds. The molecule has 3 aromatic heterocycles. The average Bonchev–Trinajstić information content (AvgIpc) is 3.24. The van der Waals surface area contributed by atoms with Gasteiger partial charge in [-0.05, 0) is 17.7 Å². The molecule has 0 aliphatic carbocycles. The van der Waals surface area contributed by atoms with Gasteiger partial charge in [-0.2, -0.15) is 5.26 Å². The summed E-state index contributed by atoms with van der Waals surface area (Å²) in [6.45, 7) is 0. The number of hydrogen-bond donors (Lipinski definition) is 2. The highest BCUT2D eigenvalue weighted by molar-refractivity contribution is 7.21. The number of anilines is 2. The minimum absolute atomic E-state index is 0.0393. The number of aryl methyl sites for hydroxylation is 1. The van der Waals surface area contributed by atoms with Gasteiger partial charge in [0.15, 0.2) is 12.3 Å². The van der Waals surface area contributed by atoms with Gasteiger partial charge >= 0.3 is 5.88 Å². The fourth-order valence-electron chi connectivity index (χ4n) is 2.86. The second-order valence-electron chi connectivity index (χ2n) is 6.02. The van der Waals surface area contributed by atoms with Crippen molar-refractivity contribution in [2.45, 2.75) is 0 Å². The van der Waals surface area contributed by atoms with Gasteiger partial charge < -0.3 is 16.6 Å². The molecule has 0 unspecified atom stereocenters. The van der Waals surface area contributed by atoms with Crippen LogP contribution in [-0.4, -0.2) is 16.2 Å². The van der Waals surface area contributed by atoms with E-state index in [9.17, 15) is 10.4 Å². The van der Waals surface area contributed by atoms with Crippen molar-refractivity contribution in [2.24, 2.45) is 12.0 Å². The Hall–Kier alpha value is -3.68. The summed E-state index contributed by atoms with van der Waals surface area (Å²) in [6.07, 6.45) is 1.45. The lowest BCUT2D eigenvalue weighted by atomic mass is 9.97. The van der Waals surface area contributed by atoms with Crippen LogP contribution in [0.2, 0.25) is 5.02 Å². The van der Waals surface area contributed by atoms with E-state index in [-0.39, 0.29) is 27.8 Å². The van der Waals surface area contributed by atoms with E-state index in [0.29, 0.717) is 26.4 Å². The van der Waals surface area contributed by atoms with Gasteiger partial charge in [0.05, 0.1) is 10.6 Å². The minimum Gasteiger partial charge on any atom is -0.857 e. The molecule has 1 aromatic carbocycles. The lowest BCUT2D eigenvalue weighted by Crippen LogP contribution is -2.27. The van der Waals surface area contributed by atoms with Gasteiger partial charge in [-0.3, -0.25) is 4.52 Å². The third-order valence-electron chi connectivity index (χ3n) is 4.12. The van der Waals surface area contributed by atoms with E-state index in [2.05, 4.69) is 21.3 Å². The third-order valence-corrected chi connectivity index (χ3v) is 5.46. The van der Waals surface area contributed by atoms with Crippen molar-refractivity contribution in [3.8, 4) is 17.2 Å². The summed E-state index contributed by atoms with van der Waals surface area (Å²) in [7, 11) is 1.63. The van der Waals surface area contributed by atoms with E-state index in [0.717, 1.165) is 11.3 Å². The van der Waals surface area contributed by atoms with Crippen molar-refractivity contribution in [2.75, 3.05) is 11.5 Å². The van der Waals surface area contributed by atoms with Crippen LogP contribution in [0.5, 0.6) is 0 Å². The van der Waals surface area contributed by atoms with Crippen LogP contribution in [0.3, 0.4) is 0 Å². The van der Waals surface area contributed by atoms with Crippen LogP contribution in [0.1, 0.15) is 10.4 Å². The number of nitrogens with two attached hydrogens (primary N) is 2. The standard InChI is InChI=1S/C18H12ClN7O2S/c1-26-7-11(28-25-26)23-17(27)15-14(21)13-12(8-2-4-9(19)5-3-8)10(6-20)16(22)24-18(13)29-15/h2-5,7H,1H3,(H4-,21,22,23,24,25,27). The number of halogens is 1. The molecule has 0 bridgehead atoms. The predicted octanol–water partition coefficient (Wildman–Crippen LogP) is 1.90. The largest absolute Gasteiger partial charge is 0.857 e. The van der Waals surface area contributed by atoms with Crippen molar-refractivity contribution >= 4 is 56.4 Å². The van der Waals surface area contributed by atoms with Crippen LogP contribution in [-0.2, 0) is 7.05 Å². The summed E-state index contributed by atoms with van der Waals surface area (Å²) in [5.74, 6) is -0.525. The lowest BCUT2D eigenvalue weighted by Gasteiger charge is -2.10. The maximum atomic E-state index is 12.7. The number of nitriles is 1. The first kappa shape index (κ1) is 18.7. The van der Waals surface area contributed by atoms with Gasteiger partial charge in [0.25, 0.3) is 6.20 Å². The van der Waals surface area contributed by atoms with Gasteiger partial charge in [0.1, 0.15) is 22.3 Å². The zero-order chi connectivity index (χ0) is 20.7. The van der Waals surface area contributed by atoms with Crippen LogP contribution >= 0.6 is 22.9 Å². The zero-order valence-corrected chi connectivity index (χ0v) is 16.5. The maximum absolute atomic E-state index is 12.7. The average molecular weight is 426 g/mol. The SMILES string of the molecule is C[n+]1cc(/N=C(\[O-])c2sc3nc(N)c(C#N)c(-c4ccc(Cl)cc4)c3c2N)on1. The van der Waals surface area contributed by atoms with Gasteiger partial charge in [-0.15, -0.1) is 11.3 Å². The Labute approximate surface area is 173 Å². The van der Waals surface area contributed by atoms with Gasteiger partial charge in [0, 0.05) is 21.9 Å². The van der Waals surface area contributed by atoms with Gasteiger partial charge in [-0.25, -0.2) is 9.98 Å². The highest BCUT2D eigenvalue weighted by atomic mass is 35.5. The van der Waals surface area contributed by atoms with E-state index < -0.39 is 5.90 Å². The van der Waals surface area contributed by atoms with Crippen molar-refractivity contribution in [3.05, 3.63) is 45.9 Å². The smallest absolute Gasteiger partial charge is 0.320 e. The Kier molecular flexibility index (Phi) is 4.54. The molecule has 0 atom stereocenters. The van der Waals surface area contributed by atoms with Crippen molar-refractivity contribution in [3.63, 3.8) is 0 Å². The van der Waals surface area contributed by atoms with Crippen molar-refractivity contribution in [1.29, 1.82) is 5.26 Å². The molecule has 3 heterocycles. The van der Waals surface area contributed by atoms with E-state index in [1.54, 1.807) is 31.3 Å². The number of aromatic nitrogens is 3. The zero-order valence-electron chi connectivity index (χ0n) is 14.9. The summed E-state index contributed by atoms with van der Waals surface area (Å²) < 4.78 is 6.30. The monoisotopic (exact) mass is 425 g/mol. The van der Waals surface area contributed by atoms with E-state index in [1.807, 2.05) is 0 Å². The molecule has 0 aliphatic rings. The highest BCUT2D eigenvalue weighted by Crippen LogP contribution is 2.42. The Morgan fingerprint density at radius 2 is 2.07 bits per heavy atom. The molecule has 0 spiro atoms. The number of pyridine rings is 1. The molecule has 0 saturated heterocycles. The van der Waals surface area contributed by atoms with Crippen LogP contribution < -0.4 is 21.3 Å². The molecular formula is C18H12ClN7O2S. The number of nitrogen functional groups attached to an aromatic ring is 2. The number of aliphatic imine (C=N–C) groups is 1. The molecule has 9 nitrogen and oxygen atoms in total. The molecule has 4 N–H and O–H groups in total. The summed E-state index contributed by atoms with van der Waals surface area (Å²) >= 11 is 7.02. The fourth-order valence-corrected chi connectivity index (χ4v) is 3.98. The van der Waals surface area contributed by atoms with Crippen LogP contribution in [0.15, 0.2) is 40.0 Å². The highest BCUT2D eigenvalue weighted by Gasteiger charge is 2.22. The van der Waals surface area contributed by atoms with Gasteiger partial charge in [0.2, 0.25) is 0 Å². The fraction of sp³-hybridized carbons (Fsp3) is 0.0556. The second-order valence-corrected chi connectivity index (χ2v) is 7.46. The van der Waals surface area contributed by atoms with Crippen LogP contribution in [0.25, 0.3) is 21.3 Å². The van der Waals surface area contributed by atoms with Crippen molar-refractivity contribution < 1.29 is 14.3 Å². The molecule has 0 aliphatic heterocycles. The molecule has 0 radical (unpaired) electrons. The molecule has 29 heavy (non-hydrogen) atoms. The Bertz CT molecular complexity index is 1320. The molecule has 0 saturated carbocycles. The Morgan fingerprint density at radius 1 is 1.34 bits per heavy atom. The number of nitrogens with zero attached hydrogens (tertiary/aromatic N) is 5. The van der Waals surface area contributed by atoms with Crippen LogP contribution in [0, 0.1) is 11.3 Å². The summed E-state index contributed by atoms with van der Waals surface area (Å²) in [6, 6.07) is 8.94. The number of hydrogen-bond acceptors (Lipinski definition) is 9. The number of thiophene rings is 1. The topological polar surface area (TPSA) is 154 Å². The second kappa shape index (κ2) is 7.05.